The molecule has 1 saturated heterocycles. The Balaban J connectivity index is 1.32. The topological polar surface area (TPSA) is 80.5 Å². The molecule has 0 spiro atoms. The summed E-state index contributed by atoms with van der Waals surface area (Å²) in [5, 5.41) is 7.31. The second-order valence-corrected chi connectivity index (χ2v) is 8.69. The molecule has 1 aromatic heterocycles. The molecular formula is C26H32N4O3. The predicted octanol–water partition coefficient (Wildman–Crippen LogP) is 4.53. The molecule has 0 radical (unpaired) electrons. The van der Waals surface area contributed by atoms with Gasteiger partial charge in [0, 0.05) is 12.1 Å². The molecule has 7 nitrogen and oxygen atoms in total. The minimum atomic E-state index is -0.0589. The molecule has 1 fully saturated rings. The summed E-state index contributed by atoms with van der Waals surface area (Å²) in [6.07, 6.45) is 1.85. The lowest BCUT2D eigenvalue weighted by Gasteiger charge is -2.31. The number of nitrogens with one attached hydrogen (secondary N) is 1. The van der Waals surface area contributed by atoms with Gasteiger partial charge in [0.25, 0.3) is 0 Å². The molecule has 2 heterocycles. The number of hydrogen-bond donors (Lipinski definition) is 1. The number of piperidine rings is 1. The zero-order valence-electron chi connectivity index (χ0n) is 19.6. The molecule has 2 unspecified atom stereocenters. The highest BCUT2D eigenvalue weighted by Crippen LogP contribution is 2.23. The van der Waals surface area contributed by atoms with Crippen molar-refractivity contribution in [1.29, 1.82) is 0 Å². The summed E-state index contributed by atoms with van der Waals surface area (Å²) in [6, 6.07) is 15.9. The van der Waals surface area contributed by atoms with Crippen molar-refractivity contribution in [2.75, 3.05) is 19.7 Å². The summed E-state index contributed by atoms with van der Waals surface area (Å²) in [4.78, 5) is 19.7. The first kappa shape index (κ1) is 23.0. The third-order valence-electron chi connectivity index (χ3n) is 6.03. The highest BCUT2D eigenvalue weighted by molar-refractivity contribution is 5.79. The smallest absolute Gasteiger partial charge is 0.241 e. The number of aryl methyl sites for hydroxylation is 1. The minimum Gasteiger partial charge on any atom is -0.494 e. The van der Waals surface area contributed by atoms with Crippen LogP contribution in [0.1, 0.15) is 49.7 Å². The Labute approximate surface area is 195 Å². The molecule has 2 aromatic carbocycles. The molecule has 33 heavy (non-hydrogen) atoms. The van der Waals surface area contributed by atoms with Crippen molar-refractivity contribution < 1.29 is 14.1 Å². The van der Waals surface area contributed by atoms with E-state index >= 15 is 0 Å². The highest BCUT2D eigenvalue weighted by atomic mass is 16.5. The molecule has 174 valence electrons. The largest absolute Gasteiger partial charge is 0.494 e. The summed E-state index contributed by atoms with van der Waals surface area (Å²) in [7, 11) is 0. The van der Waals surface area contributed by atoms with Crippen LogP contribution in [0.15, 0.2) is 53.1 Å². The first-order chi connectivity index (χ1) is 16.0. The van der Waals surface area contributed by atoms with Crippen molar-refractivity contribution in [3.8, 4) is 17.1 Å². The maximum absolute atomic E-state index is 13.0. The summed E-state index contributed by atoms with van der Waals surface area (Å²) in [5.74, 6) is 2.06. The monoisotopic (exact) mass is 448 g/mol. The fourth-order valence-corrected chi connectivity index (χ4v) is 4.26. The number of carbonyl (C=O) groups excluding carboxylic acids is 1. The van der Waals surface area contributed by atoms with Crippen LogP contribution in [0.25, 0.3) is 11.4 Å². The lowest BCUT2D eigenvalue weighted by molar-refractivity contribution is -0.127. The van der Waals surface area contributed by atoms with Gasteiger partial charge in [-0.15, -0.1) is 0 Å². The summed E-state index contributed by atoms with van der Waals surface area (Å²) in [6.45, 7) is 8.81. The van der Waals surface area contributed by atoms with E-state index in [9.17, 15) is 4.79 Å². The van der Waals surface area contributed by atoms with Crippen LogP contribution in [0.2, 0.25) is 0 Å². The summed E-state index contributed by atoms with van der Waals surface area (Å²) in [5.41, 5.74) is 3.17. The van der Waals surface area contributed by atoms with Gasteiger partial charge in [-0.3, -0.25) is 9.69 Å². The molecule has 1 amide bonds. The third-order valence-corrected chi connectivity index (χ3v) is 6.03. The Morgan fingerprint density at radius 2 is 2.09 bits per heavy atom. The Bertz CT molecular complexity index is 1060. The van der Waals surface area contributed by atoms with Gasteiger partial charge in [0.2, 0.25) is 17.6 Å². The number of benzene rings is 2. The van der Waals surface area contributed by atoms with Gasteiger partial charge >= 0.3 is 0 Å². The van der Waals surface area contributed by atoms with Crippen LogP contribution < -0.4 is 10.1 Å². The van der Waals surface area contributed by atoms with Crippen molar-refractivity contribution in [2.24, 2.45) is 5.92 Å². The van der Waals surface area contributed by atoms with E-state index in [2.05, 4.69) is 20.4 Å². The highest BCUT2D eigenvalue weighted by Gasteiger charge is 2.28. The van der Waals surface area contributed by atoms with Crippen LogP contribution in [0.5, 0.6) is 5.75 Å². The van der Waals surface area contributed by atoms with Crippen molar-refractivity contribution in [3.05, 3.63) is 65.5 Å². The SMILES string of the molecule is CCOc1ccc(C(C)NC(=O)C2CCCN(Cc3nc(-c4cccc(C)c4)no3)C2)cc1. The average molecular weight is 449 g/mol. The zero-order chi connectivity index (χ0) is 23.2. The Hall–Kier alpha value is -3.19. The number of nitrogens with zero attached hydrogens (tertiary/aromatic N) is 3. The Morgan fingerprint density at radius 3 is 2.85 bits per heavy atom. The second-order valence-electron chi connectivity index (χ2n) is 8.69. The van der Waals surface area contributed by atoms with E-state index in [-0.39, 0.29) is 17.9 Å². The van der Waals surface area contributed by atoms with Gasteiger partial charge in [-0.2, -0.15) is 4.98 Å². The number of rotatable bonds is 8. The van der Waals surface area contributed by atoms with Crippen LogP contribution in [-0.4, -0.2) is 40.6 Å². The van der Waals surface area contributed by atoms with Crippen LogP contribution in [0, 0.1) is 12.8 Å². The van der Waals surface area contributed by atoms with E-state index in [1.165, 1.54) is 0 Å². The fourth-order valence-electron chi connectivity index (χ4n) is 4.26. The summed E-state index contributed by atoms with van der Waals surface area (Å²) >= 11 is 0. The maximum Gasteiger partial charge on any atom is 0.241 e. The van der Waals surface area contributed by atoms with Gasteiger partial charge in [-0.1, -0.05) is 41.1 Å². The van der Waals surface area contributed by atoms with Gasteiger partial charge in [-0.05, 0) is 63.9 Å². The molecule has 0 aliphatic carbocycles. The third kappa shape index (κ3) is 5.99. The van der Waals surface area contributed by atoms with Crippen molar-refractivity contribution in [2.45, 2.75) is 46.2 Å². The van der Waals surface area contributed by atoms with Crippen LogP contribution in [-0.2, 0) is 11.3 Å². The number of amides is 1. The Kier molecular flexibility index (Phi) is 7.40. The average Bonchev–Trinajstić information content (AvgIpc) is 3.28. The van der Waals surface area contributed by atoms with E-state index in [1.54, 1.807) is 0 Å². The van der Waals surface area contributed by atoms with Crippen molar-refractivity contribution in [3.63, 3.8) is 0 Å². The molecule has 3 aromatic rings. The quantitative estimate of drug-likeness (QED) is 0.545. The summed E-state index contributed by atoms with van der Waals surface area (Å²) < 4.78 is 11.0. The van der Waals surface area contributed by atoms with E-state index < -0.39 is 0 Å². The van der Waals surface area contributed by atoms with Gasteiger partial charge in [-0.25, -0.2) is 0 Å². The standard InChI is InChI=1S/C26H32N4O3/c1-4-32-23-12-10-20(11-13-23)19(3)27-26(31)22-9-6-14-30(16-22)17-24-28-25(29-33-24)21-8-5-7-18(2)15-21/h5,7-8,10-13,15,19,22H,4,6,9,14,16-17H2,1-3H3,(H,27,31). The first-order valence-corrected chi connectivity index (χ1v) is 11.7. The molecule has 7 heteroatoms. The van der Waals surface area contributed by atoms with Crippen molar-refractivity contribution in [1.82, 2.24) is 20.4 Å². The molecule has 0 bridgehead atoms. The fraction of sp³-hybridized carbons (Fsp3) is 0.423. The molecule has 1 N–H and O–H groups in total. The maximum atomic E-state index is 13.0. The van der Waals surface area contributed by atoms with E-state index in [0.29, 0.717) is 31.4 Å². The normalized spacial score (nSPS) is 17.5. The number of likely N-dealkylation sites (tertiary alicyclic amines) is 1. The van der Waals surface area contributed by atoms with Crippen LogP contribution >= 0.6 is 0 Å². The van der Waals surface area contributed by atoms with Gasteiger partial charge in [0.1, 0.15) is 5.75 Å². The van der Waals surface area contributed by atoms with Crippen LogP contribution in [0.3, 0.4) is 0 Å². The predicted molar refractivity (Wildman–Crippen MR) is 127 cm³/mol. The minimum absolute atomic E-state index is 0.0527. The van der Waals surface area contributed by atoms with E-state index in [0.717, 1.165) is 41.8 Å². The Morgan fingerprint density at radius 1 is 1.27 bits per heavy atom. The van der Waals surface area contributed by atoms with Crippen LogP contribution in [0.4, 0.5) is 0 Å². The molecule has 4 rings (SSSR count). The molecule has 1 aliphatic heterocycles. The van der Waals surface area contributed by atoms with E-state index in [4.69, 9.17) is 9.26 Å². The number of carbonyl (C=O) groups is 1. The molecule has 1 aliphatic rings. The zero-order valence-corrected chi connectivity index (χ0v) is 19.6. The lowest BCUT2D eigenvalue weighted by atomic mass is 9.96. The van der Waals surface area contributed by atoms with E-state index in [1.807, 2.05) is 69.3 Å². The van der Waals surface area contributed by atoms with Gasteiger partial charge in [0.05, 0.1) is 25.1 Å². The van der Waals surface area contributed by atoms with Gasteiger partial charge < -0.3 is 14.6 Å². The second kappa shape index (κ2) is 10.6. The number of aromatic nitrogens is 2. The molecule has 0 saturated carbocycles. The first-order valence-electron chi connectivity index (χ1n) is 11.7. The lowest BCUT2D eigenvalue weighted by Crippen LogP contribution is -2.43. The van der Waals surface area contributed by atoms with Gasteiger partial charge in [0.15, 0.2) is 0 Å². The number of hydrogen-bond acceptors (Lipinski definition) is 6. The molecule has 2 atom stereocenters. The number of ether oxygens (including phenoxy) is 1. The molecular weight excluding hydrogens is 416 g/mol. The van der Waals surface area contributed by atoms with Crippen molar-refractivity contribution >= 4 is 5.91 Å².